The van der Waals surface area contributed by atoms with Crippen LogP contribution >= 0.6 is 0 Å². The third-order valence-electron chi connectivity index (χ3n) is 3.43. The molecule has 2 atom stereocenters. The summed E-state index contributed by atoms with van der Waals surface area (Å²) in [5.41, 5.74) is 1.22. The Morgan fingerprint density at radius 2 is 2.05 bits per heavy atom. The van der Waals surface area contributed by atoms with Crippen LogP contribution in [-0.4, -0.2) is 28.4 Å². The zero-order valence-corrected chi connectivity index (χ0v) is 12.3. The van der Waals surface area contributed by atoms with Crippen molar-refractivity contribution in [2.45, 2.75) is 32.4 Å². The highest BCUT2D eigenvalue weighted by atomic mass is 16.5. The summed E-state index contributed by atoms with van der Waals surface area (Å²) in [6.07, 6.45) is 4.42. The number of benzene rings is 1. The van der Waals surface area contributed by atoms with Crippen molar-refractivity contribution in [3.8, 4) is 5.75 Å². The van der Waals surface area contributed by atoms with Gasteiger partial charge in [-0.15, -0.1) is 0 Å². The van der Waals surface area contributed by atoms with Crippen molar-refractivity contribution >= 4 is 0 Å². The van der Waals surface area contributed by atoms with Gasteiger partial charge in [-0.2, -0.15) is 5.10 Å². The Morgan fingerprint density at radius 3 is 2.60 bits per heavy atom. The van der Waals surface area contributed by atoms with Crippen LogP contribution in [0.25, 0.3) is 0 Å². The Hall–Kier alpha value is -1.88. The lowest BCUT2D eigenvalue weighted by Gasteiger charge is -2.25. The summed E-state index contributed by atoms with van der Waals surface area (Å²) >= 11 is 0. The van der Waals surface area contributed by atoms with E-state index in [0.717, 1.165) is 18.7 Å². The number of nitrogens with zero attached hydrogens (tertiary/aromatic N) is 3. The normalized spacial score (nSPS) is 13.9. The highest BCUT2D eigenvalue weighted by Crippen LogP contribution is 2.26. The third-order valence-corrected chi connectivity index (χ3v) is 3.43. The average Bonchev–Trinajstić information content (AvgIpc) is 3.02. The molecule has 5 nitrogen and oxygen atoms in total. The molecule has 1 aromatic carbocycles. The molecule has 1 heterocycles. The maximum Gasteiger partial charge on any atom is 0.137 e. The summed E-state index contributed by atoms with van der Waals surface area (Å²) in [7, 11) is 1.68. The van der Waals surface area contributed by atoms with Gasteiger partial charge in [-0.1, -0.05) is 19.1 Å². The van der Waals surface area contributed by atoms with E-state index in [4.69, 9.17) is 4.74 Å². The minimum absolute atomic E-state index is 0.192. The molecule has 0 saturated carbocycles. The van der Waals surface area contributed by atoms with Gasteiger partial charge < -0.3 is 10.1 Å². The second-order valence-corrected chi connectivity index (χ2v) is 4.82. The van der Waals surface area contributed by atoms with Crippen LogP contribution in [0.4, 0.5) is 0 Å². The summed E-state index contributed by atoms with van der Waals surface area (Å²) in [6, 6.07) is 8.56. The summed E-state index contributed by atoms with van der Waals surface area (Å²) in [5.74, 6) is 0.872. The Labute approximate surface area is 120 Å². The fourth-order valence-electron chi connectivity index (χ4n) is 2.26. The first-order valence-corrected chi connectivity index (χ1v) is 6.97. The summed E-state index contributed by atoms with van der Waals surface area (Å²) in [4.78, 5) is 4.03. The SMILES string of the molecule is CCCNC(c1ccc(OC)cc1)C(C)n1cncn1. The number of aromatic nitrogens is 3. The van der Waals surface area contributed by atoms with Gasteiger partial charge in [-0.3, -0.25) is 0 Å². The van der Waals surface area contributed by atoms with Crippen molar-refractivity contribution in [2.75, 3.05) is 13.7 Å². The number of rotatable bonds is 7. The number of nitrogens with one attached hydrogen (secondary N) is 1. The molecule has 0 saturated heterocycles. The molecular formula is C15H22N4O. The third kappa shape index (κ3) is 3.36. The lowest BCUT2D eigenvalue weighted by Crippen LogP contribution is -2.29. The monoisotopic (exact) mass is 274 g/mol. The van der Waals surface area contributed by atoms with E-state index in [9.17, 15) is 0 Å². The Balaban J connectivity index is 2.21. The van der Waals surface area contributed by atoms with Crippen LogP contribution in [0.1, 0.15) is 37.9 Å². The number of ether oxygens (including phenoxy) is 1. The van der Waals surface area contributed by atoms with Crippen LogP contribution in [-0.2, 0) is 0 Å². The zero-order chi connectivity index (χ0) is 14.4. The van der Waals surface area contributed by atoms with E-state index in [-0.39, 0.29) is 12.1 Å². The van der Waals surface area contributed by atoms with E-state index in [0.29, 0.717) is 0 Å². The second kappa shape index (κ2) is 7.05. The Kier molecular flexibility index (Phi) is 5.12. The molecule has 5 heteroatoms. The molecule has 1 aromatic heterocycles. The van der Waals surface area contributed by atoms with Gasteiger partial charge in [-0.25, -0.2) is 9.67 Å². The second-order valence-electron chi connectivity index (χ2n) is 4.82. The van der Waals surface area contributed by atoms with Crippen molar-refractivity contribution in [2.24, 2.45) is 0 Å². The number of hydrogen-bond donors (Lipinski definition) is 1. The van der Waals surface area contributed by atoms with E-state index in [1.54, 1.807) is 19.8 Å². The Morgan fingerprint density at radius 1 is 1.30 bits per heavy atom. The van der Waals surface area contributed by atoms with E-state index in [2.05, 4.69) is 41.4 Å². The molecule has 2 rings (SSSR count). The summed E-state index contributed by atoms with van der Waals surface area (Å²) in [6.45, 7) is 5.28. The molecule has 0 amide bonds. The molecule has 0 aliphatic heterocycles. The predicted octanol–water partition coefficient (Wildman–Crippen LogP) is 2.59. The predicted molar refractivity (Wildman–Crippen MR) is 78.8 cm³/mol. The largest absolute Gasteiger partial charge is 0.497 e. The van der Waals surface area contributed by atoms with Crippen molar-refractivity contribution in [1.82, 2.24) is 20.1 Å². The summed E-state index contributed by atoms with van der Waals surface area (Å²) < 4.78 is 7.10. The van der Waals surface area contributed by atoms with Gasteiger partial charge in [0.2, 0.25) is 0 Å². The average molecular weight is 274 g/mol. The molecule has 108 valence electrons. The highest BCUT2D eigenvalue weighted by Gasteiger charge is 2.20. The van der Waals surface area contributed by atoms with Crippen LogP contribution in [0, 0.1) is 0 Å². The van der Waals surface area contributed by atoms with Crippen LogP contribution in [0.2, 0.25) is 0 Å². The summed E-state index contributed by atoms with van der Waals surface area (Å²) in [5, 5.41) is 7.83. The number of methoxy groups -OCH3 is 1. The fourth-order valence-corrected chi connectivity index (χ4v) is 2.26. The number of hydrogen-bond acceptors (Lipinski definition) is 4. The van der Waals surface area contributed by atoms with E-state index >= 15 is 0 Å². The van der Waals surface area contributed by atoms with Gasteiger partial charge in [0.05, 0.1) is 19.2 Å². The molecule has 2 unspecified atom stereocenters. The topological polar surface area (TPSA) is 52.0 Å². The lowest BCUT2D eigenvalue weighted by molar-refractivity contribution is 0.353. The molecule has 2 aromatic rings. The first-order valence-electron chi connectivity index (χ1n) is 6.97. The maximum absolute atomic E-state index is 5.21. The molecule has 0 radical (unpaired) electrons. The molecule has 0 aliphatic rings. The highest BCUT2D eigenvalue weighted by molar-refractivity contribution is 5.29. The van der Waals surface area contributed by atoms with Crippen molar-refractivity contribution in [3.63, 3.8) is 0 Å². The lowest BCUT2D eigenvalue weighted by atomic mass is 10.00. The van der Waals surface area contributed by atoms with Gasteiger partial charge in [-0.05, 0) is 37.6 Å². The Bertz CT molecular complexity index is 495. The molecule has 0 bridgehead atoms. The standard InChI is InChI=1S/C15H22N4O/c1-4-9-17-15(12(2)19-11-16-10-18-19)13-5-7-14(20-3)8-6-13/h5-8,10-12,15,17H,4,9H2,1-3H3. The molecule has 20 heavy (non-hydrogen) atoms. The maximum atomic E-state index is 5.21. The molecular weight excluding hydrogens is 252 g/mol. The van der Waals surface area contributed by atoms with Crippen molar-refractivity contribution < 1.29 is 4.74 Å². The van der Waals surface area contributed by atoms with Crippen molar-refractivity contribution in [3.05, 3.63) is 42.5 Å². The fraction of sp³-hybridized carbons (Fsp3) is 0.467. The van der Waals surface area contributed by atoms with Gasteiger partial charge in [0.1, 0.15) is 18.4 Å². The van der Waals surface area contributed by atoms with Gasteiger partial charge >= 0.3 is 0 Å². The van der Waals surface area contributed by atoms with E-state index < -0.39 is 0 Å². The van der Waals surface area contributed by atoms with Crippen LogP contribution in [0.5, 0.6) is 5.75 Å². The van der Waals surface area contributed by atoms with Gasteiger partial charge in [0, 0.05) is 0 Å². The smallest absolute Gasteiger partial charge is 0.137 e. The first kappa shape index (κ1) is 14.5. The molecule has 0 aliphatic carbocycles. The quantitative estimate of drug-likeness (QED) is 0.843. The first-order chi connectivity index (χ1) is 9.76. The minimum Gasteiger partial charge on any atom is -0.497 e. The molecule has 1 N–H and O–H groups in total. The van der Waals surface area contributed by atoms with Gasteiger partial charge in [0.25, 0.3) is 0 Å². The minimum atomic E-state index is 0.192. The molecule has 0 spiro atoms. The zero-order valence-electron chi connectivity index (χ0n) is 12.3. The molecule has 0 fully saturated rings. The van der Waals surface area contributed by atoms with E-state index in [1.165, 1.54) is 5.56 Å². The van der Waals surface area contributed by atoms with Crippen molar-refractivity contribution in [1.29, 1.82) is 0 Å². The van der Waals surface area contributed by atoms with Crippen LogP contribution in [0.15, 0.2) is 36.9 Å². The van der Waals surface area contributed by atoms with Crippen LogP contribution in [0.3, 0.4) is 0 Å². The van der Waals surface area contributed by atoms with Gasteiger partial charge in [0.15, 0.2) is 0 Å². The van der Waals surface area contributed by atoms with E-state index in [1.807, 2.05) is 16.8 Å². The van der Waals surface area contributed by atoms with Crippen LogP contribution < -0.4 is 10.1 Å².